The van der Waals surface area contributed by atoms with Gasteiger partial charge in [0.15, 0.2) is 5.78 Å². The first-order chi connectivity index (χ1) is 18.3. The summed E-state index contributed by atoms with van der Waals surface area (Å²) in [5, 5.41) is 0. The van der Waals surface area contributed by atoms with Gasteiger partial charge in [-0.05, 0) is 48.2 Å². The molecule has 0 spiro atoms. The zero-order chi connectivity index (χ0) is 28.5. The summed E-state index contributed by atoms with van der Waals surface area (Å²) in [6.07, 6.45) is -3.81. The lowest BCUT2D eigenvalue weighted by Crippen LogP contribution is -2.35. The number of esters is 1. The van der Waals surface area contributed by atoms with E-state index in [-0.39, 0.29) is 48.0 Å². The Bertz CT molecular complexity index is 1360. The molecule has 39 heavy (non-hydrogen) atoms. The summed E-state index contributed by atoms with van der Waals surface area (Å²) >= 11 is 0. The number of methoxy groups -OCH3 is 1. The van der Waals surface area contributed by atoms with Gasteiger partial charge in [0.25, 0.3) is 0 Å². The van der Waals surface area contributed by atoms with Crippen LogP contribution >= 0.6 is 0 Å². The molecule has 0 saturated carbocycles. The first kappa shape index (κ1) is 28.1. The molecular formula is C29H30F3NO6. The van der Waals surface area contributed by atoms with Crippen LogP contribution in [0.15, 0.2) is 65.3 Å². The lowest BCUT2D eigenvalue weighted by atomic mass is 9.70. The van der Waals surface area contributed by atoms with E-state index >= 15 is 0 Å². The maximum Gasteiger partial charge on any atom is 0.416 e. The van der Waals surface area contributed by atoms with Gasteiger partial charge in [-0.2, -0.15) is 13.2 Å². The van der Waals surface area contributed by atoms with Crippen LogP contribution in [0.3, 0.4) is 0 Å². The van der Waals surface area contributed by atoms with Crippen molar-refractivity contribution in [2.75, 3.05) is 13.7 Å². The number of hydrogen-bond acceptors (Lipinski definition) is 7. The minimum atomic E-state index is -4.51. The van der Waals surface area contributed by atoms with Gasteiger partial charge < -0.3 is 24.7 Å². The van der Waals surface area contributed by atoms with Crippen molar-refractivity contribution in [3.05, 3.63) is 81.9 Å². The number of rotatable bonds is 7. The van der Waals surface area contributed by atoms with Gasteiger partial charge in [-0.3, -0.25) is 4.79 Å². The summed E-state index contributed by atoms with van der Waals surface area (Å²) in [6, 6.07) is 9.59. The standard InChI is InChI=1S/C29H30F3NO6/c1-5-37-27(35)25-23(24-20(34)13-28(2,3)14-22(24)39-26(25)33)16-9-10-21(36-4)17(11-16)15-38-19-8-6-7-18(12-19)29(30,31)32/h6-12,23H,5,13-15,33H2,1-4H3. The lowest BCUT2D eigenvalue weighted by Gasteiger charge is -2.38. The second-order valence-corrected chi connectivity index (χ2v) is 10.2. The highest BCUT2D eigenvalue weighted by Crippen LogP contribution is 2.48. The molecule has 4 rings (SSSR count). The molecule has 1 unspecified atom stereocenters. The van der Waals surface area contributed by atoms with Crippen molar-refractivity contribution in [2.45, 2.75) is 52.3 Å². The van der Waals surface area contributed by atoms with E-state index in [4.69, 9.17) is 24.7 Å². The van der Waals surface area contributed by atoms with E-state index in [0.717, 1.165) is 12.1 Å². The molecule has 0 bridgehead atoms. The monoisotopic (exact) mass is 545 g/mol. The number of hydrogen-bond donors (Lipinski definition) is 1. The van der Waals surface area contributed by atoms with Gasteiger partial charge in [-0.25, -0.2) is 4.79 Å². The van der Waals surface area contributed by atoms with Crippen LogP contribution in [0.2, 0.25) is 0 Å². The molecule has 7 nitrogen and oxygen atoms in total. The Labute approximate surface area is 224 Å². The fraction of sp³-hybridized carbons (Fsp3) is 0.379. The van der Waals surface area contributed by atoms with Crippen molar-refractivity contribution in [1.29, 1.82) is 0 Å². The number of nitrogens with two attached hydrogens (primary N) is 1. The quantitative estimate of drug-likeness (QED) is 0.441. The van der Waals surface area contributed by atoms with Crippen molar-refractivity contribution in [3.8, 4) is 11.5 Å². The van der Waals surface area contributed by atoms with Crippen LogP contribution in [-0.2, 0) is 31.8 Å². The van der Waals surface area contributed by atoms with E-state index in [2.05, 4.69) is 0 Å². The molecule has 2 aliphatic rings. The second-order valence-electron chi connectivity index (χ2n) is 10.2. The summed E-state index contributed by atoms with van der Waals surface area (Å²) in [7, 11) is 1.45. The third-order valence-electron chi connectivity index (χ3n) is 6.64. The van der Waals surface area contributed by atoms with E-state index in [0.29, 0.717) is 34.6 Å². The van der Waals surface area contributed by atoms with Crippen LogP contribution in [0, 0.1) is 5.41 Å². The number of carbonyl (C=O) groups is 2. The third-order valence-corrected chi connectivity index (χ3v) is 6.64. The molecule has 0 amide bonds. The number of benzene rings is 2. The van der Waals surface area contributed by atoms with Gasteiger partial charge in [-0.15, -0.1) is 0 Å². The number of allylic oxidation sites excluding steroid dienone is 2. The number of ketones is 1. The van der Waals surface area contributed by atoms with Crippen LogP contribution in [-0.4, -0.2) is 25.5 Å². The molecule has 1 atom stereocenters. The van der Waals surface area contributed by atoms with Gasteiger partial charge in [0, 0.05) is 24.0 Å². The van der Waals surface area contributed by atoms with Gasteiger partial charge in [0.2, 0.25) is 5.88 Å². The van der Waals surface area contributed by atoms with E-state index in [1.807, 2.05) is 13.8 Å². The topological polar surface area (TPSA) is 97.1 Å². The summed E-state index contributed by atoms with van der Waals surface area (Å²) in [5.74, 6) is -1.04. The molecule has 208 valence electrons. The fourth-order valence-electron chi connectivity index (χ4n) is 4.94. The van der Waals surface area contributed by atoms with E-state index in [1.165, 1.54) is 19.2 Å². The molecule has 1 aliphatic carbocycles. The normalized spacial score (nSPS) is 18.8. The zero-order valence-corrected chi connectivity index (χ0v) is 22.1. The molecule has 2 aromatic carbocycles. The van der Waals surface area contributed by atoms with Crippen molar-refractivity contribution >= 4 is 11.8 Å². The number of alkyl halides is 3. The first-order valence-corrected chi connectivity index (χ1v) is 12.4. The van der Waals surface area contributed by atoms with Gasteiger partial charge in [0.05, 0.1) is 25.2 Å². The van der Waals surface area contributed by atoms with Crippen molar-refractivity contribution in [1.82, 2.24) is 0 Å². The molecule has 0 saturated heterocycles. The highest BCUT2D eigenvalue weighted by molar-refractivity contribution is 6.03. The average molecular weight is 546 g/mol. The van der Waals surface area contributed by atoms with E-state index < -0.39 is 23.6 Å². The van der Waals surface area contributed by atoms with Gasteiger partial charge >= 0.3 is 12.1 Å². The Kier molecular flexibility index (Phi) is 7.68. The Morgan fingerprint density at radius 3 is 2.56 bits per heavy atom. The molecule has 1 aliphatic heterocycles. The molecular weight excluding hydrogens is 515 g/mol. The Morgan fingerprint density at radius 2 is 1.90 bits per heavy atom. The molecule has 0 radical (unpaired) electrons. The van der Waals surface area contributed by atoms with Crippen LogP contribution in [0.5, 0.6) is 11.5 Å². The Balaban J connectivity index is 1.76. The van der Waals surface area contributed by atoms with Gasteiger partial charge in [0.1, 0.15) is 29.4 Å². The number of ether oxygens (including phenoxy) is 4. The van der Waals surface area contributed by atoms with E-state index in [9.17, 15) is 22.8 Å². The Hall–Kier alpha value is -3.95. The van der Waals surface area contributed by atoms with Crippen LogP contribution in [0.25, 0.3) is 0 Å². The second kappa shape index (κ2) is 10.7. The molecule has 1 heterocycles. The zero-order valence-electron chi connectivity index (χ0n) is 22.1. The van der Waals surface area contributed by atoms with Crippen LogP contribution in [0.1, 0.15) is 56.2 Å². The van der Waals surface area contributed by atoms with Crippen molar-refractivity contribution < 1.29 is 41.7 Å². The minimum Gasteiger partial charge on any atom is -0.496 e. The maximum absolute atomic E-state index is 13.4. The third kappa shape index (κ3) is 5.89. The largest absolute Gasteiger partial charge is 0.496 e. The molecule has 0 fully saturated rings. The number of halogens is 3. The molecule has 2 aromatic rings. The fourth-order valence-corrected chi connectivity index (χ4v) is 4.94. The summed E-state index contributed by atoms with van der Waals surface area (Å²) in [5.41, 5.74) is 6.41. The highest BCUT2D eigenvalue weighted by atomic mass is 19.4. The Morgan fingerprint density at radius 1 is 1.15 bits per heavy atom. The average Bonchev–Trinajstić information content (AvgIpc) is 2.85. The maximum atomic E-state index is 13.4. The molecule has 10 heteroatoms. The van der Waals surface area contributed by atoms with Crippen molar-refractivity contribution in [3.63, 3.8) is 0 Å². The molecule has 2 N–H and O–H groups in total. The number of Topliss-reactive ketones (excluding diaryl/α,β-unsaturated/α-hetero) is 1. The lowest BCUT2D eigenvalue weighted by molar-refractivity contribution is -0.139. The summed E-state index contributed by atoms with van der Waals surface area (Å²) in [6.45, 7) is 5.51. The summed E-state index contributed by atoms with van der Waals surface area (Å²) in [4.78, 5) is 26.4. The molecule has 0 aromatic heterocycles. The smallest absolute Gasteiger partial charge is 0.416 e. The minimum absolute atomic E-state index is 0.0126. The predicted molar refractivity (Wildman–Crippen MR) is 135 cm³/mol. The predicted octanol–water partition coefficient (Wildman–Crippen LogP) is 5.78. The van der Waals surface area contributed by atoms with Crippen molar-refractivity contribution in [2.24, 2.45) is 11.1 Å². The van der Waals surface area contributed by atoms with E-state index in [1.54, 1.807) is 25.1 Å². The first-order valence-electron chi connectivity index (χ1n) is 12.4. The number of carbonyl (C=O) groups excluding carboxylic acids is 2. The highest BCUT2D eigenvalue weighted by Gasteiger charge is 2.45. The summed E-state index contributed by atoms with van der Waals surface area (Å²) < 4.78 is 61.6. The van der Waals surface area contributed by atoms with Crippen LogP contribution in [0.4, 0.5) is 13.2 Å². The SMILES string of the molecule is CCOC(=O)C1=C(N)OC2=C(C(=O)CC(C)(C)C2)C1c1ccc(OC)c(COc2cccc(C(F)(F)F)c2)c1. The van der Waals surface area contributed by atoms with Crippen LogP contribution < -0.4 is 15.2 Å². The van der Waals surface area contributed by atoms with Gasteiger partial charge in [-0.1, -0.05) is 26.0 Å².